The van der Waals surface area contributed by atoms with E-state index in [9.17, 15) is 23.1 Å². The number of hydrogen-bond acceptors (Lipinski definition) is 6. The molecular formula is C23H25F3N6O2. The van der Waals surface area contributed by atoms with Gasteiger partial charge in [0.05, 0.1) is 12.2 Å². The molecular weight excluding hydrogens is 449 g/mol. The van der Waals surface area contributed by atoms with Crippen LogP contribution in [-0.2, 0) is 16.9 Å². The second-order valence-electron chi connectivity index (χ2n) is 8.36. The Hall–Kier alpha value is -3.44. The third-order valence-electron chi connectivity index (χ3n) is 5.79. The largest absolute Gasteiger partial charge is 0.382 e. The van der Waals surface area contributed by atoms with Crippen LogP contribution >= 0.6 is 0 Å². The van der Waals surface area contributed by atoms with Crippen molar-refractivity contribution in [2.24, 2.45) is 0 Å². The quantitative estimate of drug-likeness (QED) is 0.547. The number of rotatable bonds is 7. The summed E-state index contributed by atoms with van der Waals surface area (Å²) in [5.41, 5.74) is -0.937. The van der Waals surface area contributed by atoms with E-state index in [2.05, 4.69) is 15.4 Å². The molecule has 180 valence electrons. The lowest BCUT2D eigenvalue weighted by Crippen LogP contribution is -2.52. The monoisotopic (exact) mass is 474 g/mol. The van der Waals surface area contributed by atoms with Crippen LogP contribution < -0.4 is 10.2 Å². The van der Waals surface area contributed by atoms with Crippen molar-refractivity contribution in [3.8, 4) is 0 Å². The Morgan fingerprint density at radius 1 is 1.06 bits per heavy atom. The molecule has 4 rings (SSSR count). The number of nitrogens with zero attached hydrogens (tertiary/aromatic N) is 5. The molecule has 1 unspecified atom stereocenters. The summed E-state index contributed by atoms with van der Waals surface area (Å²) in [5.74, 6) is -2.31. The first-order chi connectivity index (χ1) is 16.2. The van der Waals surface area contributed by atoms with Gasteiger partial charge in [0.15, 0.2) is 0 Å². The molecule has 1 atom stereocenters. The fourth-order valence-corrected chi connectivity index (χ4v) is 4.23. The minimum atomic E-state index is -1.70. The summed E-state index contributed by atoms with van der Waals surface area (Å²) in [6.07, 6.45) is 2.73. The summed E-state index contributed by atoms with van der Waals surface area (Å²) in [7, 11) is 0. The first-order valence-corrected chi connectivity index (χ1v) is 10.8. The molecule has 2 heterocycles. The molecule has 1 aliphatic heterocycles. The highest BCUT2D eigenvalue weighted by atomic mass is 19.1. The maximum Gasteiger partial charge on any atom is 0.221 e. The molecule has 0 bridgehead atoms. The second-order valence-corrected chi connectivity index (χ2v) is 8.36. The number of piperazine rings is 1. The number of halogens is 3. The van der Waals surface area contributed by atoms with Crippen LogP contribution in [0.3, 0.4) is 0 Å². The average molecular weight is 474 g/mol. The van der Waals surface area contributed by atoms with Gasteiger partial charge in [-0.05, 0) is 24.3 Å². The standard InChI is InChI=1S/C23H25F3N6O2/c1-16(33)29-18-3-5-22(21(26)11-18)31-8-6-30(7-9-31)12-23(34,13-32-15-27-14-28-32)19-4-2-17(24)10-20(19)25/h2-5,10-11,14-15,34H,6-9,12-13H2,1H3,(H,29,33). The Morgan fingerprint density at radius 2 is 1.82 bits per heavy atom. The highest BCUT2D eigenvalue weighted by Crippen LogP contribution is 2.29. The molecule has 2 N–H and O–H groups in total. The molecule has 11 heteroatoms. The highest BCUT2D eigenvalue weighted by Gasteiger charge is 2.36. The Bertz CT molecular complexity index is 1150. The van der Waals surface area contributed by atoms with Gasteiger partial charge < -0.3 is 15.3 Å². The molecule has 0 saturated carbocycles. The molecule has 1 saturated heterocycles. The lowest BCUT2D eigenvalue weighted by molar-refractivity contribution is -0.114. The van der Waals surface area contributed by atoms with Crippen molar-refractivity contribution in [3.05, 3.63) is 72.1 Å². The molecule has 3 aromatic rings. The van der Waals surface area contributed by atoms with Crippen molar-refractivity contribution in [2.45, 2.75) is 19.1 Å². The number of β-amino-alcohol motifs (C(OH)–C–C–N with tert-alkyl or cyclic N) is 1. The van der Waals surface area contributed by atoms with Gasteiger partial charge in [0.25, 0.3) is 0 Å². The van der Waals surface area contributed by atoms with Crippen molar-refractivity contribution >= 4 is 17.3 Å². The zero-order valence-electron chi connectivity index (χ0n) is 18.6. The number of aliphatic hydroxyl groups is 1. The predicted molar refractivity (Wildman–Crippen MR) is 120 cm³/mol. The van der Waals surface area contributed by atoms with Crippen LogP contribution in [0.2, 0.25) is 0 Å². The number of benzene rings is 2. The minimum absolute atomic E-state index is 0.0357. The van der Waals surface area contributed by atoms with Crippen molar-refractivity contribution in [1.82, 2.24) is 19.7 Å². The Morgan fingerprint density at radius 3 is 2.44 bits per heavy atom. The summed E-state index contributed by atoms with van der Waals surface area (Å²) < 4.78 is 44.1. The number of amides is 1. The first kappa shape index (κ1) is 23.7. The van der Waals surface area contributed by atoms with Gasteiger partial charge in [-0.3, -0.25) is 9.69 Å². The van der Waals surface area contributed by atoms with Crippen LogP contribution in [-0.4, -0.2) is 63.4 Å². The molecule has 8 nitrogen and oxygen atoms in total. The third-order valence-corrected chi connectivity index (χ3v) is 5.79. The molecule has 1 fully saturated rings. The van der Waals surface area contributed by atoms with Crippen molar-refractivity contribution in [2.75, 3.05) is 42.9 Å². The van der Waals surface area contributed by atoms with E-state index in [1.54, 1.807) is 12.1 Å². The minimum Gasteiger partial charge on any atom is -0.382 e. The van der Waals surface area contributed by atoms with Crippen molar-refractivity contribution < 1.29 is 23.1 Å². The van der Waals surface area contributed by atoms with Gasteiger partial charge in [-0.2, -0.15) is 5.10 Å². The average Bonchev–Trinajstić information content (AvgIpc) is 3.26. The normalized spacial score (nSPS) is 16.3. The van der Waals surface area contributed by atoms with E-state index in [0.717, 1.165) is 12.1 Å². The smallest absolute Gasteiger partial charge is 0.221 e. The van der Waals surface area contributed by atoms with Crippen molar-refractivity contribution in [1.29, 1.82) is 0 Å². The van der Waals surface area contributed by atoms with Gasteiger partial charge >= 0.3 is 0 Å². The summed E-state index contributed by atoms with van der Waals surface area (Å²) in [5, 5.41) is 18.1. The summed E-state index contributed by atoms with van der Waals surface area (Å²) in [4.78, 5) is 18.9. The molecule has 0 aliphatic carbocycles. The molecule has 1 aromatic heterocycles. The van der Waals surface area contributed by atoms with Gasteiger partial charge in [0.1, 0.15) is 35.7 Å². The van der Waals surface area contributed by atoms with Crippen LogP contribution in [0.15, 0.2) is 49.1 Å². The lowest BCUT2D eigenvalue weighted by atomic mass is 9.92. The first-order valence-electron chi connectivity index (χ1n) is 10.8. The molecule has 1 aliphatic rings. The molecule has 2 aromatic carbocycles. The SMILES string of the molecule is CC(=O)Nc1ccc(N2CCN(CC(O)(Cn3cncn3)c3ccc(F)cc3F)CC2)c(F)c1. The molecule has 34 heavy (non-hydrogen) atoms. The topological polar surface area (TPSA) is 86.5 Å². The molecule has 0 spiro atoms. The number of anilines is 2. The fraction of sp³-hybridized carbons (Fsp3) is 0.348. The van der Waals surface area contributed by atoms with Gasteiger partial charge in [-0.25, -0.2) is 22.8 Å². The highest BCUT2D eigenvalue weighted by molar-refractivity contribution is 5.88. The van der Waals surface area contributed by atoms with Crippen LogP contribution in [0.1, 0.15) is 12.5 Å². The van der Waals surface area contributed by atoms with E-state index in [-0.39, 0.29) is 24.6 Å². The van der Waals surface area contributed by atoms with E-state index in [0.29, 0.717) is 37.6 Å². The number of hydrogen-bond donors (Lipinski definition) is 2. The predicted octanol–water partition coefficient (Wildman–Crippen LogP) is 2.36. The maximum atomic E-state index is 14.6. The third kappa shape index (κ3) is 5.37. The zero-order valence-corrected chi connectivity index (χ0v) is 18.6. The summed E-state index contributed by atoms with van der Waals surface area (Å²) in [6.45, 7) is 3.25. The Balaban J connectivity index is 1.47. The van der Waals surface area contributed by atoms with Gasteiger partial charge in [0, 0.05) is 57.0 Å². The van der Waals surface area contributed by atoms with Crippen LogP contribution in [0.4, 0.5) is 24.5 Å². The maximum absolute atomic E-state index is 14.6. The number of carbonyl (C=O) groups excluding carboxylic acids is 1. The van der Waals surface area contributed by atoms with Crippen LogP contribution in [0.25, 0.3) is 0 Å². The van der Waals surface area contributed by atoms with E-state index in [4.69, 9.17) is 0 Å². The Labute approximate surface area is 194 Å². The molecule has 0 radical (unpaired) electrons. The van der Waals surface area contributed by atoms with Gasteiger partial charge in [-0.15, -0.1) is 0 Å². The van der Waals surface area contributed by atoms with Crippen molar-refractivity contribution in [3.63, 3.8) is 0 Å². The number of aromatic nitrogens is 3. The van der Waals surface area contributed by atoms with Crippen LogP contribution in [0, 0.1) is 17.5 Å². The molecule has 1 amide bonds. The van der Waals surface area contributed by atoms with E-state index in [1.165, 1.54) is 36.4 Å². The fourth-order valence-electron chi connectivity index (χ4n) is 4.23. The Kier molecular flexibility index (Phi) is 6.85. The lowest BCUT2D eigenvalue weighted by Gasteiger charge is -2.40. The van der Waals surface area contributed by atoms with Gasteiger partial charge in [0.2, 0.25) is 5.91 Å². The second kappa shape index (κ2) is 9.82. The number of nitrogens with one attached hydrogen (secondary N) is 1. The van der Waals surface area contributed by atoms with E-state index >= 15 is 0 Å². The summed E-state index contributed by atoms with van der Waals surface area (Å²) >= 11 is 0. The van der Waals surface area contributed by atoms with E-state index in [1.807, 2.05) is 9.80 Å². The zero-order chi connectivity index (χ0) is 24.3. The summed E-state index contributed by atoms with van der Waals surface area (Å²) in [6, 6.07) is 7.62. The van der Waals surface area contributed by atoms with Gasteiger partial charge in [-0.1, -0.05) is 6.07 Å². The number of carbonyl (C=O) groups is 1. The van der Waals surface area contributed by atoms with Crippen LogP contribution in [0.5, 0.6) is 0 Å². The van der Waals surface area contributed by atoms with E-state index < -0.39 is 23.1 Å².